The molecule has 1 saturated heterocycles. The van der Waals surface area contributed by atoms with E-state index in [9.17, 15) is 0 Å². The summed E-state index contributed by atoms with van der Waals surface area (Å²) in [5.41, 5.74) is 1.44. The molecule has 0 bridgehead atoms. The summed E-state index contributed by atoms with van der Waals surface area (Å²) in [6, 6.07) is 14.8. The molecule has 1 aromatic carbocycles. The van der Waals surface area contributed by atoms with E-state index in [1.54, 1.807) is 0 Å². The van der Waals surface area contributed by atoms with Crippen molar-refractivity contribution >= 4 is 21.7 Å². The molecule has 1 aromatic heterocycles. The van der Waals surface area contributed by atoms with Gasteiger partial charge in [0.25, 0.3) is 0 Å². The van der Waals surface area contributed by atoms with Gasteiger partial charge in [0.15, 0.2) is 0 Å². The molecule has 3 heteroatoms. The lowest BCUT2D eigenvalue weighted by molar-refractivity contribution is 0.774. The minimum absolute atomic E-state index is 0.625. The minimum atomic E-state index is 0.625. The number of anilines is 1. The molecule has 0 amide bonds. The molecule has 1 atom stereocenters. The quantitative estimate of drug-likeness (QED) is 0.838. The average molecular weight is 303 g/mol. The van der Waals surface area contributed by atoms with E-state index < -0.39 is 0 Å². The summed E-state index contributed by atoms with van der Waals surface area (Å²) < 4.78 is 1.08. The number of benzene rings is 1. The Morgan fingerprint density at radius 3 is 2.72 bits per heavy atom. The number of nitrogens with zero attached hydrogens (tertiary/aromatic N) is 2. The molecule has 1 unspecified atom stereocenters. The molecular formula is C15H15BrN2. The van der Waals surface area contributed by atoms with Gasteiger partial charge >= 0.3 is 0 Å². The largest absolute Gasteiger partial charge is 0.355 e. The molecule has 18 heavy (non-hydrogen) atoms. The Bertz CT molecular complexity index is 527. The number of aromatic nitrogens is 1. The molecule has 2 aromatic rings. The second-order valence-electron chi connectivity index (χ2n) is 4.65. The van der Waals surface area contributed by atoms with Crippen molar-refractivity contribution in [2.45, 2.75) is 12.3 Å². The van der Waals surface area contributed by atoms with Crippen molar-refractivity contribution in [3.05, 3.63) is 58.7 Å². The third-order valence-electron chi connectivity index (χ3n) is 3.50. The van der Waals surface area contributed by atoms with Gasteiger partial charge in [0, 0.05) is 25.2 Å². The highest BCUT2D eigenvalue weighted by Crippen LogP contribution is 2.32. The zero-order chi connectivity index (χ0) is 12.4. The van der Waals surface area contributed by atoms with Gasteiger partial charge < -0.3 is 4.90 Å². The zero-order valence-electron chi connectivity index (χ0n) is 10.1. The van der Waals surface area contributed by atoms with Gasteiger partial charge in [-0.15, -0.1) is 0 Å². The Kier molecular flexibility index (Phi) is 3.33. The first-order chi connectivity index (χ1) is 8.84. The predicted octanol–water partition coefficient (Wildman–Crippen LogP) is 3.84. The maximum atomic E-state index is 4.47. The van der Waals surface area contributed by atoms with Crippen LogP contribution in [0.1, 0.15) is 17.9 Å². The number of halogens is 1. The Labute approximate surface area is 116 Å². The van der Waals surface area contributed by atoms with E-state index >= 15 is 0 Å². The van der Waals surface area contributed by atoms with Gasteiger partial charge in [0.1, 0.15) is 5.82 Å². The van der Waals surface area contributed by atoms with Crippen LogP contribution in [0, 0.1) is 0 Å². The summed E-state index contributed by atoms with van der Waals surface area (Å²) in [7, 11) is 0. The van der Waals surface area contributed by atoms with Gasteiger partial charge in [0.05, 0.1) is 4.47 Å². The molecule has 92 valence electrons. The van der Waals surface area contributed by atoms with Crippen LogP contribution in [0.5, 0.6) is 0 Å². The van der Waals surface area contributed by atoms with Gasteiger partial charge in [-0.1, -0.05) is 30.3 Å². The van der Waals surface area contributed by atoms with E-state index in [0.29, 0.717) is 5.92 Å². The number of hydrogen-bond acceptors (Lipinski definition) is 2. The third kappa shape index (κ3) is 2.27. The zero-order valence-corrected chi connectivity index (χ0v) is 11.7. The van der Waals surface area contributed by atoms with Crippen molar-refractivity contribution in [1.29, 1.82) is 0 Å². The van der Waals surface area contributed by atoms with Gasteiger partial charge in [-0.25, -0.2) is 4.98 Å². The van der Waals surface area contributed by atoms with Crippen molar-refractivity contribution in [3.63, 3.8) is 0 Å². The predicted molar refractivity (Wildman–Crippen MR) is 78.0 cm³/mol. The molecular weight excluding hydrogens is 288 g/mol. The second kappa shape index (κ2) is 5.11. The summed E-state index contributed by atoms with van der Waals surface area (Å²) in [5.74, 6) is 1.69. The molecule has 0 saturated carbocycles. The second-order valence-corrected chi connectivity index (χ2v) is 5.51. The van der Waals surface area contributed by atoms with Crippen LogP contribution in [0.3, 0.4) is 0 Å². The van der Waals surface area contributed by atoms with E-state index in [0.717, 1.165) is 23.4 Å². The minimum Gasteiger partial charge on any atom is -0.355 e. The van der Waals surface area contributed by atoms with E-state index in [-0.39, 0.29) is 0 Å². The first-order valence-electron chi connectivity index (χ1n) is 6.25. The Balaban J connectivity index is 1.78. The number of pyridine rings is 1. The summed E-state index contributed by atoms with van der Waals surface area (Å²) >= 11 is 3.58. The van der Waals surface area contributed by atoms with Crippen LogP contribution in [-0.4, -0.2) is 18.1 Å². The summed E-state index contributed by atoms with van der Waals surface area (Å²) in [6.45, 7) is 2.13. The van der Waals surface area contributed by atoms with Crippen LogP contribution in [-0.2, 0) is 0 Å². The first kappa shape index (κ1) is 11.7. The van der Waals surface area contributed by atoms with Gasteiger partial charge in [0.2, 0.25) is 0 Å². The van der Waals surface area contributed by atoms with Crippen molar-refractivity contribution in [2.75, 3.05) is 18.0 Å². The molecule has 0 aliphatic carbocycles. The van der Waals surface area contributed by atoms with Gasteiger partial charge in [-0.05, 0) is 40.0 Å². The normalized spacial score (nSPS) is 19.2. The van der Waals surface area contributed by atoms with Gasteiger partial charge in [-0.3, -0.25) is 0 Å². The van der Waals surface area contributed by atoms with E-state index in [1.807, 2.05) is 12.3 Å². The van der Waals surface area contributed by atoms with Crippen LogP contribution in [0.4, 0.5) is 5.82 Å². The summed E-state index contributed by atoms with van der Waals surface area (Å²) in [4.78, 5) is 6.83. The van der Waals surface area contributed by atoms with E-state index in [2.05, 4.69) is 62.2 Å². The lowest BCUT2D eigenvalue weighted by atomic mass is 9.99. The topological polar surface area (TPSA) is 16.1 Å². The van der Waals surface area contributed by atoms with Crippen molar-refractivity contribution < 1.29 is 0 Å². The molecule has 1 aliphatic rings. The molecule has 0 spiro atoms. The smallest absolute Gasteiger partial charge is 0.142 e. The molecule has 1 fully saturated rings. The average Bonchev–Trinajstić information content (AvgIpc) is 2.90. The maximum Gasteiger partial charge on any atom is 0.142 e. The van der Waals surface area contributed by atoms with E-state index in [4.69, 9.17) is 0 Å². The lowest BCUT2D eigenvalue weighted by Crippen LogP contribution is -2.20. The van der Waals surface area contributed by atoms with Crippen LogP contribution in [0.2, 0.25) is 0 Å². The summed E-state index contributed by atoms with van der Waals surface area (Å²) in [6.07, 6.45) is 3.06. The maximum absolute atomic E-state index is 4.47. The lowest BCUT2D eigenvalue weighted by Gasteiger charge is -2.18. The first-order valence-corrected chi connectivity index (χ1v) is 7.04. The molecule has 0 radical (unpaired) electrons. The fraction of sp³-hybridized carbons (Fsp3) is 0.267. The highest BCUT2D eigenvalue weighted by molar-refractivity contribution is 9.10. The standard InChI is InChI=1S/C15H15BrN2/c16-14-7-4-9-17-15(14)18-10-8-13(11-18)12-5-2-1-3-6-12/h1-7,9,13H,8,10-11H2. The Morgan fingerprint density at radius 2 is 1.94 bits per heavy atom. The highest BCUT2D eigenvalue weighted by atomic mass is 79.9. The van der Waals surface area contributed by atoms with Crippen LogP contribution in [0.25, 0.3) is 0 Å². The Hall–Kier alpha value is -1.35. The fourth-order valence-electron chi connectivity index (χ4n) is 2.56. The van der Waals surface area contributed by atoms with Crippen LogP contribution >= 0.6 is 15.9 Å². The summed E-state index contributed by atoms with van der Waals surface area (Å²) in [5, 5.41) is 0. The van der Waals surface area contributed by atoms with E-state index in [1.165, 1.54) is 12.0 Å². The van der Waals surface area contributed by atoms with Gasteiger partial charge in [-0.2, -0.15) is 0 Å². The van der Waals surface area contributed by atoms with Crippen LogP contribution < -0.4 is 4.90 Å². The Morgan fingerprint density at radius 1 is 1.11 bits per heavy atom. The van der Waals surface area contributed by atoms with Crippen molar-refractivity contribution in [2.24, 2.45) is 0 Å². The molecule has 1 aliphatic heterocycles. The number of rotatable bonds is 2. The number of hydrogen-bond donors (Lipinski definition) is 0. The molecule has 2 heterocycles. The highest BCUT2D eigenvalue weighted by Gasteiger charge is 2.25. The molecule has 0 N–H and O–H groups in total. The molecule has 2 nitrogen and oxygen atoms in total. The monoisotopic (exact) mass is 302 g/mol. The molecule has 3 rings (SSSR count). The van der Waals surface area contributed by atoms with Crippen molar-refractivity contribution in [3.8, 4) is 0 Å². The third-order valence-corrected chi connectivity index (χ3v) is 4.12. The SMILES string of the molecule is Brc1cccnc1N1CCC(c2ccccc2)C1. The van der Waals surface area contributed by atoms with Crippen molar-refractivity contribution in [1.82, 2.24) is 4.98 Å². The fourth-order valence-corrected chi connectivity index (χ4v) is 3.07. The van der Waals surface area contributed by atoms with Crippen LogP contribution in [0.15, 0.2) is 53.1 Å².